The molecule has 0 aliphatic rings. The molecule has 0 unspecified atom stereocenters. The zero-order valence-electron chi connectivity index (χ0n) is 19.5. The van der Waals surface area contributed by atoms with E-state index in [1.165, 1.54) is 0 Å². The second-order valence-electron chi connectivity index (χ2n) is 7.68. The molecule has 4 aromatic carbocycles. The monoisotopic (exact) mass is 470 g/mol. The van der Waals surface area contributed by atoms with Crippen molar-refractivity contribution in [1.29, 1.82) is 0 Å². The third-order valence-corrected chi connectivity index (χ3v) is 9.77. The first kappa shape index (κ1) is 23.4. The summed E-state index contributed by atoms with van der Waals surface area (Å²) in [6, 6.07) is 33.3. The highest BCUT2D eigenvalue weighted by Crippen LogP contribution is 2.45. The van der Waals surface area contributed by atoms with Gasteiger partial charge in [-0.3, -0.25) is 4.79 Å². The van der Waals surface area contributed by atoms with Crippen LogP contribution in [0.15, 0.2) is 103 Å². The van der Waals surface area contributed by atoms with Gasteiger partial charge >= 0.3 is 0 Å². The summed E-state index contributed by atoms with van der Waals surface area (Å²) in [6.07, 6.45) is 0. The van der Waals surface area contributed by atoms with Crippen LogP contribution in [0.3, 0.4) is 0 Å². The number of rotatable bonds is 8. The number of ketones is 1. The normalized spacial score (nSPS) is 10.9. The molecule has 0 aromatic heterocycles. The Hall–Kier alpha value is -3.75. The first-order valence-corrected chi connectivity index (χ1v) is 12.7. The molecule has 0 N–H and O–H groups in total. The number of hydrogen-bond acceptors (Lipinski definition) is 4. The van der Waals surface area contributed by atoms with Crippen molar-refractivity contribution in [3.05, 3.63) is 109 Å². The van der Waals surface area contributed by atoms with Crippen molar-refractivity contribution in [2.75, 3.05) is 21.3 Å². The minimum Gasteiger partial charge on any atom is -0.497 e. The minimum atomic E-state index is -2.51. The number of carbonyl (C=O) groups is 1. The molecule has 4 rings (SSSR count). The topological polar surface area (TPSA) is 44.8 Å². The predicted octanol–water partition coefficient (Wildman–Crippen LogP) is 4.69. The van der Waals surface area contributed by atoms with Gasteiger partial charge in [0.05, 0.1) is 21.3 Å². The zero-order chi connectivity index (χ0) is 24.0. The zero-order valence-corrected chi connectivity index (χ0v) is 20.4. The Morgan fingerprint density at radius 2 is 0.912 bits per heavy atom. The van der Waals surface area contributed by atoms with E-state index in [4.69, 9.17) is 14.2 Å². The van der Waals surface area contributed by atoms with Crippen LogP contribution in [0.1, 0.15) is 10.4 Å². The summed E-state index contributed by atoms with van der Waals surface area (Å²) < 4.78 is 16.2. The standard InChI is InChI=1S/C29H27O4P/c1-31-23-9-15-26(16-10-23)34(27-17-11-24(32-2)12-18-27,28-19-13-25(33-3)14-20-28)21-29(30)22-7-5-4-6-8-22/h4-21H,1-3H3. The highest BCUT2D eigenvalue weighted by molar-refractivity contribution is 7.95. The number of ether oxygens (including phenoxy) is 3. The molecule has 0 fully saturated rings. The van der Waals surface area contributed by atoms with Gasteiger partial charge in [0.15, 0.2) is 5.78 Å². The molecule has 34 heavy (non-hydrogen) atoms. The Bertz CT molecular complexity index is 1170. The van der Waals surface area contributed by atoms with Gasteiger partial charge in [0.2, 0.25) is 0 Å². The SMILES string of the molecule is COc1ccc(P(=CC(=O)c2ccccc2)(c2ccc(OC)cc2)c2ccc(OC)cc2)cc1. The van der Waals surface area contributed by atoms with Crippen LogP contribution in [0.5, 0.6) is 17.2 Å². The van der Waals surface area contributed by atoms with Gasteiger partial charge in [0.1, 0.15) is 17.2 Å². The number of benzene rings is 4. The lowest BCUT2D eigenvalue weighted by molar-refractivity contribution is 0.107. The average Bonchev–Trinajstić information content (AvgIpc) is 2.92. The lowest BCUT2D eigenvalue weighted by atomic mass is 10.2. The third kappa shape index (κ3) is 4.64. The van der Waals surface area contributed by atoms with E-state index in [9.17, 15) is 4.79 Å². The fourth-order valence-electron chi connectivity index (χ4n) is 3.98. The first-order valence-electron chi connectivity index (χ1n) is 10.9. The number of carbonyl (C=O) groups excluding carboxylic acids is 1. The van der Waals surface area contributed by atoms with E-state index in [2.05, 4.69) is 36.4 Å². The maximum atomic E-state index is 13.6. The maximum absolute atomic E-state index is 13.6. The second kappa shape index (κ2) is 10.5. The molecule has 0 spiro atoms. The quantitative estimate of drug-likeness (QED) is 0.277. The predicted molar refractivity (Wildman–Crippen MR) is 142 cm³/mol. The summed E-state index contributed by atoms with van der Waals surface area (Å²) in [5.41, 5.74) is 0.655. The molecule has 4 aromatic rings. The van der Waals surface area contributed by atoms with Gasteiger partial charge in [-0.1, -0.05) is 66.7 Å². The fraction of sp³-hybridized carbons (Fsp3) is 0.103. The van der Waals surface area contributed by atoms with Crippen molar-refractivity contribution in [3.63, 3.8) is 0 Å². The van der Waals surface area contributed by atoms with Crippen LogP contribution < -0.4 is 30.1 Å². The van der Waals surface area contributed by atoms with Gasteiger partial charge in [0, 0.05) is 5.56 Å². The Morgan fingerprint density at radius 3 is 1.24 bits per heavy atom. The van der Waals surface area contributed by atoms with Gasteiger partial charge in [-0.2, -0.15) is 0 Å². The summed E-state index contributed by atoms with van der Waals surface area (Å²) in [5, 5.41) is 3.15. The summed E-state index contributed by atoms with van der Waals surface area (Å²) in [4.78, 5) is 13.6. The maximum Gasteiger partial charge on any atom is 0.186 e. The van der Waals surface area contributed by atoms with E-state index in [0.717, 1.165) is 33.2 Å². The van der Waals surface area contributed by atoms with Crippen LogP contribution in [0, 0.1) is 0 Å². The van der Waals surface area contributed by atoms with Crippen molar-refractivity contribution >= 4 is 34.4 Å². The number of hydrogen-bond donors (Lipinski definition) is 0. The summed E-state index contributed by atoms with van der Waals surface area (Å²) >= 11 is 0. The smallest absolute Gasteiger partial charge is 0.186 e. The second-order valence-corrected chi connectivity index (χ2v) is 10.9. The van der Waals surface area contributed by atoms with Crippen LogP contribution in [0.4, 0.5) is 0 Å². The highest BCUT2D eigenvalue weighted by atomic mass is 31.2. The van der Waals surface area contributed by atoms with E-state index in [-0.39, 0.29) is 5.78 Å². The molecular weight excluding hydrogens is 443 g/mol. The van der Waals surface area contributed by atoms with Crippen molar-refractivity contribution in [2.24, 2.45) is 0 Å². The van der Waals surface area contributed by atoms with E-state index < -0.39 is 6.89 Å². The lowest BCUT2D eigenvalue weighted by Crippen LogP contribution is -2.28. The Balaban J connectivity index is 2.06. The van der Waals surface area contributed by atoms with Crippen LogP contribution in [0.25, 0.3) is 0 Å². The molecule has 0 atom stereocenters. The molecule has 0 amide bonds. The van der Waals surface area contributed by atoms with Crippen LogP contribution in [-0.4, -0.2) is 32.9 Å². The number of Topliss-reactive ketones (excluding diaryl/α,β-unsaturated/α-hetero) is 1. The van der Waals surface area contributed by atoms with Crippen molar-refractivity contribution in [3.8, 4) is 17.2 Å². The molecule has 5 heteroatoms. The molecule has 172 valence electrons. The summed E-state index contributed by atoms with van der Waals surface area (Å²) in [5.74, 6) is 4.19. The molecule has 4 nitrogen and oxygen atoms in total. The highest BCUT2D eigenvalue weighted by Gasteiger charge is 2.27. The lowest BCUT2D eigenvalue weighted by Gasteiger charge is -2.29. The van der Waals surface area contributed by atoms with Gasteiger partial charge in [-0.05, 0) is 65.0 Å². The van der Waals surface area contributed by atoms with Gasteiger partial charge in [0.25, 0.3) is 0 Å². The molecule has 0 bridgehead atoms. The summed E-state index contributed by atoms with van der Waals surface area (Å²) in [7, 11) is 4.94. The third-order valence-electron chi connectivity index (χ3n) is 5.81. The summed E-state index contributed by atoms with van der Waals surface area (Å²) in [6.45, 7) is -2.51. The van der Waals surface area contributed by atoms with E-state index in [0.29, 0.717) is 5.56 Å². The fourth-order valence-corrected chi connectivity index (χ4v) is 7.68. The minimum absolute atomic E-state index is 0.0172. The Labute approximate surface area is 200 Å². The molecule has 0 aliphatic heterocycles. The molecule has 0 saturated heterocycles. The number of methoxy groups -OCH3 is 3. The van der Waals surface area contributed by atoms with Gasteiger partial charge in [-0.15, -0.1) is 0 Å². The van der Waals surface area contributed by atoms with E-state index in [1.54, 1.807) is 21.3 Å². The van der Waals surface area contributed by atoms with Gasteiger partial charge in [-0.25, -0.2) is 0 Å². The van der Waals surface area contributed by atoms with E-state index >= 15 is 0 Å². The van der Waals surface area contributed by atoms with Gasteiger partial charge < -0.3 is 14.2 Å². The van der Waals surface area contributed by atoms with Crippen molar-refractivity contribution < 1.29 is 19.0 Å². The molecular formula is C29H27O4P. The Morgan fingerprint density at radius 1 is 0.559 bits per heavy atom. The largest absolute Gasteiger partial charge is 0.497 e. The average molecular weight is 471 g/mol. The first-order chi connectivity index (χ1) is 16.6. The molecule has 0 heterocycles. The van der Waals surface area contributed by atoms with Crippen LogP contribution in [0.2, 0.25) is 0 Å². The van der Waals surface area contributed by atoms with Crippen LogP contribution in [-0.2, 0) is 0 Å². The van der Waals surface area contributed by atoms with Crippen molar-refractivity contribution in [2.45, 2.75) is 0 Å². The molecule has 0 aliphatic carbocycles. The van der Waals surface area contributed by atoms with Crippen molar-refractivity contribution in [1.82, 2.24) is 0 Å². The molecule has 0 radical (unpaired) electrons. The Kier molecular flexibility index (Phi) is 7.20. The van der Waals surface area contributed by atoms with E-state index in [1.807, 2.05) is 72.5 Å². The van der Waals surface area contributed by atoms with Crippen LogP contribution >= 0.6 is 6.89 Å². The molecule has 0 saturated carbocycles.